The van der Waals surface area contributed by atoms with Gasteiger partial charge in [-0.1, -0.05) is 6.42 Å². The second-order valence-electron chi connectivity index (χ2n) is 8.46. The third kappa shape index (κ3) is 4.22. The van der Waals surface area contributed by atoms with Crippen molar-refractivity contribution in [2.24, 2.45) is 11.8 Å². The zero-order chi connectivity index (χ0) is 21.5. The predicted molar refractivity (Wildman–Crippen MR) is 104 cm³/mol. The van der Waals surface area contributed by atoms with Gasteiger partial charge in [0.2, 0.25) is 15.9 Å². The molecule has 0 aromatic heterocycles. The van der Waals surface area contributed by atoms with Gasteiger partial charge in [-0.15, -0.1) is 0 Å². The van der Waals surface area contributed by atoms with Crippen molar-refractivity contribution in [1.82, 2.24) is 14.9 Å². The Bertz CT molecular complexity index is 883. The monoisotopic (exact) mass is 445 g/mol. The van der Waals surface area contributed by atoms with Gasteiger partial charge in [0.25, 0.3) is 0 Å². The molecule has 166 valence electrons. The number of halogens is 3. The molecule has 1 amide bonds. The lowest BCUT2D eigenvalue weighted by Gasteiger charge is -2.27. The molecule has 1 aromatic rings. The molecular weight excluding hydrogens is 419 g/mol. The number of sulfonamides is 1. The van der Waals surface area contributed by atoms with Crippen LogP contribution in [0.3, 0.4) is 0 Å². The minimum Gasteiger partial charge on any atom is -0.352 e. The molecule has 1 saturated carbocycles. The highest BCUT2D eigenvalue weighted by Gasteiger charge is 2.47. The summed E-state index contributed by atoms with van der Waals surface area (Å²) in [5.41, 5.74) is -0.876. The molecule has 10 heteroatoms. The number of nitrogens with one attached hydrogen (secondary N) is 2. The van der Waals surface area contributed by atoms with E-state index in [1.165, 1.54) is 4.31 Å². The summed E-state index contributed by atoms with van der Waals surface area (Å²) < 4.78 is 65.5. The number of rotatable bonds is 4. The Morgan fingerprint density at radius 2 is 1.80 bits per heavy atom. The fourth-order valence-electron chi connectivity index (χ4n) is 4.92. The first kappa shape index (κ1) is 21.6. The first-order valence-electron chi connectivity index (χ1n) is 10.4. The molecule has 2 N–H and O–H groups in total. The van der Waals surface area contributed by atoms with E-state index in [0.717, 1.165) is 62.9 Å². The summed E-state index contributed by atoms with van der Waals surface area (Å²) in [6, 6.07) is 3.36. The van der Waals surface area contributed by atoms with Crippen molar-refractivity contribution in [3.8, 4) is 0 Å². The molecule has 2 saturated heterocycles. The van der Waals surface area contributed by atoms with Crippen LogP contribution in [0.1, 0.15) is 37.7 Å². The fourth-order valence-corrected chi connectivity index (χ4v) is 6.46. The predicted octanol–water partition coefficient (Wildman–Crippen LogP) is 2.36. The van der Waals surface area contributed by atoms with Gasteiger partial charge in [-0.3, -0.25) is 4.79 Å². The molecule has 0 radical (unpaired) electrons. The number of piperidine rings is 1. The molecule has 0 unspecified atom stereocenters. The van der Waals surface area contributed by atoms with Gasteiger partial charge in [0, 0.05) is 19.1 Å². The fraction of sp³-hybridized carbons (Fsp3) is 0.650. The first-order chi connectivity index (χ1) is 14.2. The number of hydrogen-bond acceptors (Lipinski definition) is 4. The molecular formula is C20H26F3N3O3S. The van der Waals surface area contributed by atoms with Gasteiger partial charge in [0.15, 0.2) is 0 Å². The standard InChI is InChI=1S/C20H26F3N3O3S/c21-20(22,23)14-5-7-15(8-6-14)30(28,29)26-11-13-4-9-17(16(13)12-26)25-19(27)18-3-1-2-10-24-18/h5-8,13,16-18,24H,1-4,9-12H2,(H,25,27)/t13-,16+,17+,18-/m0/s1. The molecule has 0 spiro atoms. The van der Waals surface area contributed by atoms with Gasteiger partial charge in [-0.25, -0.2) is 8.42 Å². The molecule has 1 aliphatic carbocycles. The third-order valence-corrected chi connectivity index (χ3v) is 8.44. The quantitative estimate of drug-likeness (QED) is 0.746. The van der Waals surface area contributed by atoms with Crippen LogP contribution in [-0.2, 0) is 21.0 Å². The van der Waals surface area contributed by atoms with E-state index in [1.54, 1.807) is 0 Å². The van der Waals surface area contributed by atoms with Gasteiger partial charge in [0.05, 0.1) is 16.5 Å². The number of fused-ring (bicyclic) bond motifs is 1. The van der Waals surface area contributed by atoms with Gasteiger partial charge >= 0.3 is 6.18 Å². The molecule has 4 atom stereocenters. The Balaban J connectivity index is 1.42. The van der Waals surface area contributed by atoms with E-state index in [1.807, 2.05) is 0 Å². The Morgan fingerprint density at radius 1 is 1.07 bits per heavy atom. The van der Waals surface area contributed by atoms with Crippen LogP contribution in [0.15, 0.2) is 29.2 Å². The summed E-state index contributed by atoms with van der Waals surface area (Å²) in [7, 11) is -3.87. The van der Waals surface area contributed by atoms with Crippen LogP contribution in [0.4, 0.5) is 13.2 Å². The van der Waals surface area contributed by atoms with Gasteiger partial charge in [0.1, 0.15) is 0 Å². The van der Waals surface area contributed by atoms with E-state index >= 15 is 0 Å². The first-order valence-corrected chi connectivity index (χ1v) is 11.8. The molecule has 3 aliphatic rings. The Labute approximate surface area is 174 Å². The highest BCUT2D eigenvalue weighted by molar-refractivity contribution is 7.89. The smallest absolute Gasteiger partial charge is 0.352 e. The average molecular weight is 446 g/mol. The van der Waals surface area contributed by atoms with Gasteiger partial charge < -0.3 is 10.6 Å². The maximum absolute atomic E-state index is 13.0. The zero-order valence-electron chi connectivity index (χ0n) is 16.5. The maximum Gasteiger partial charge on any atom is 0.416 e. The van der Waals surface area contributed by atoms with Crippen molar-refractivity contribution in [3.05, 3.63) is 29.8 Å². The number of hydrogen-bond donors (Lipinski definition) is 2. The second kappa shape index (κ2) is 8.12. The molecule has 6 nitrogen and oxygen atoms in total. The number of alkyl halides is 3. The summed E-state index contributed by atoms with van der Waals surface area (Å²) in [6.07, 6.45) is 0.0248. The minimum absolute atomic E-state index is 0.0237. The van der Waals surface area contributed by atoms with Crippen molar-refractivity contribution >= 4 is 15.9 Å². The maximum atomic E-state index is 13.0. The van der Waals surface area contributed by atoms with Crippen molar-refractivity contribution in [2.45, 2.75) is 55.3 Å². The minimum atomic E-state index is -4.51. The lowest BCUT2D eigenvalue weighted by atomic mass is 9.97. The third-order valence-electron chi connectivity index (χ3n) is 6.60. The summed E-state index contributed by atoms with van der Waals surface area (Å²) in [4.78, 5) is 12.4. The summed E-state index contributed by atoms with van der Waals surface area (Å²) in [5.74, 6) is 0.157. The lowest BCUT2D eigenvalue weighted by molar-refractivity contribution is -0.137. The van der Waals surface area contributed by atoms with Crippen LogP contribution in [0.2, 0.25) is 0 Å². The lowest BCUT2D eigenvalue weighted by Crippen LogP contribution is -2.51. The van der Waals surface area contributed by atoms with Crippen LogP contribution in [0.25, 0.3) is 0 Å². The Kier molecular flexibility index (Phi) is 5.84. The second-order valence-corrected chi connectivity index (χ2v) is 10.4. The highest BCUT2D eigenvalue weighted by atomic mass is 32.2. The Hall–Kier alpha value is -1.65. The van der Waals surface area contributed by atoms with Crippen LogP contribution in [-0.4, -0.2) is 50.3 Å². The number of benzene rings is 1. The Morgan fingerprint density at radius 3 is 2.43 bits per heavy atom. The van der Waals surface area contributed by atoms with Crippen molar-refractivity contribution < 1.29 is 26.4 Å². The summed E-state index contributed by atoms with van der Waals surface area (Å²) in [6.45, 7) is 1.44. The largest absolute Gasteiger partial charge is 0.416 e. The number of carbonyl (C=O) groups is 1. The average Bonchev–Trinajstić information content (AvgIpc) is 3.30. The van der Waals surface area contributed by atoms with Crippen molar-refractivity contribution in [2.75, 3.05) is 19.6 Å². The summed E-state index contributed by atoms with van der Waals surface area (Å²) >= 11 is 0. The molecule has 0 bridgehead atoms. The number of carbonyl (C=O) groups excluding carboxylic acids is 1. The van der Waals surface area contributed by atoms with E-state index in [4.69, 9.17) is 0 Å². The van der Waals surface area contributed by atoms with Crippen molar-refractivity contribution in [1.29, 1.82) is 0 Å². The van der Waals surface area contributed by atoms with E-state index in [-0.39, 0.29) is 41.3 Å². The molecule has 3 fully saturated rings. The molecule has 1 aromatic carbocycles. The van der Waals surface area contributed by atoms with Crippen LogP contribution < -0.4 is 10.6 Å². The zero-order valence-corrected chi connectivity index (χ0v) is 17.3. The normalized spacial score (nSPS) is 30.2. The van der Waals surface area contributed by atoms with Crippen LogP contribution in [0.5, 0.6) is 0 Å². The van der Waals surface area contributed by atoms with Crippen LogP contribution in [0, 0.1) is 11.8 Å². The van der Waals surface area contributed by atoms with Gasteiger partial charge in [-0.05, 0) is 68.3 Å². The molecule has 30 heavy (non-hydrogen) atoms. The molecule has 4 rings (SSSR count). The highest BCUT2D eigenvalue weighted by Crippen LogP contribution is 2.40. The molecule has 2 heterocycles. The number of nitrogens with zero attached hydrogens (tertiary/aromatic N) is 1. The van der Waals surface area contributed by atoms with Crippen LogP contribution >= 0.6 is 0 Å². The van der Waals surface area contributed by atoms with E-state index in [2.05, 4.69) is 10.6 Å². The van der Waals surface area contributed by atoms with Gasteiger partial charge in [-0.2, -0.15) is 17.5 Å². The van der Waals surface area contributed by atoms with E-state index < -0.39 is 21.8 Å². The van der Waals surface area contributed by atoms with E-state index in [9.17, 15) is 26.4 Å². The molecule has 2 aliphatic heterocycles. The topological polar surface area (TPSA) is 78.5 Å². The van der Waals surface area contributed by atoms with Crippen molar-refractivity contribution in [3.63, 3.8) is 0 Å². The number of amides is 1. The summed E-state index contributed by atoms with van der Waals surface area (Å²) in [5, 5.41) is 6.33. The SMILES string of the molecule is O=C(N[C@@H]1CC[C@H]2CN(S(=O)(=O)c3ccc(C(F)(F)F)cc3)C[C@H]21)[C@@H]1CCCCN1. The van der Waals surface area contributed by atoms with E-state index in [0.29, 0.717) is 6.54 Å².